The first-order chi connectivity index (χ1) is 12.9. The maximum atomic E-state index is 13.0. The van der Waals surface area contributed by atoms with Gasteiger partial charge < -0.3 is 14.5 Å². The Morgan fingerprint density at radius 1 is 0.926 bits per heavy atom. The van der Waals surface area contributed by atoms with E-state index in [0.717, 1.165) is 22.4 Å². The number of aryl methyl sites for hydroxylation is 1. The highest BCUT2D eigenvalue weighted by atomic mass is 16.5. The van der Waals surface area contributed by atoms with Crippen LogP contribution in [0.3, 0.4) is 0 Å². The minimum atomic E-state index is -0.0168. The molecule has 1 aromatic heterocycles. The molecule has 1 aliphatic rings. The first-order valence-electron chi connectivity index (χ1n) is 9.07. The summed E-state index contributed by atoms with van der Waals surface area (Å²) in [5.41, 5.74) is 4.22. The normalized spacial score (nSPS) is 14.2. The van der Waals surface area contributed by atoms with Crippen molar-refractivity contribution in [3.05, 3.63) is 58.4 Å². The molecule has 1 aromatic carbocycles. The first-order valence-corrected chi connectivity index (χ1v) is 9.07. The predicted molar refractivity (Wildman–Crippen MR) is 103 cm³/mol. The Balaban J connectivity index is 1.71. The Morgan fingerprint density at radius 3 is 2.04 bits per heavy atom. The maximum absolute atomic E-state index is 13.0. The van der Waals surface area contributed by atoms with E-state index in [1.807, 2.05) is 31.7 Å². The third-order valence-electron chi connectivity index (χ3n) is 5.24. The van der Waals surface area contributed by atoms with E-state index < -0.39 is 0 Å². The van der Waals surface area contributed by atoms with Crippen LogP contribution >= 0.6 is 0 Å². The summed E-state index contributed by atoms with van der Waals surface area (Å²) in [6, 6.07) is 5.33. The molecule has 0 radical (unpaired) electrons. The molecule has 0 aliphatic carbocycles. The number of carbonyl (C=O) groups is 2. The highest BCUT2D eigenvalue weighted by Gasteiger charge is 2.27. The Morgan fingerprint density at radius 2 is 1.48 bits per heavy atom. The van der Waals surface area contributed by atoms with E-state index in [2.05, 4.69) is 4.98 Å². The van der Waals surface area contributed by atoms with E-state index in [9.17, 15) is 9.59 Å². The van der Waals surface area contributed by atoms with Crippen LogP contribution in [0.15, 0.2) is 30.6 Å². The van der Waals surface area contributed by atoms with Gasteiger partial charge in [-0.2, -0.15) is 0 Å². The fourth-order valence-electron chi connectivity index (χ4n) is 3.55. The third kappa shape index (κ3) is 3.65. The van der Waals surface area contributed by atoms with Gasteiger partial charge in [-0.15, -0.1) is 0 Å². The summed E-state index contributed by atoms with van der Waals surface area (Å²) in [6.07, 6.45) is 3.23. The fraction of sp³-hybridized carbons (Fsp3) is 0.381. The van der Waals surface area contributed by atoms with Gasteiger partial charge in [-0.3, -0.25) is 14.6 Å². The number of methoxy groups -OCH3 is 1. The quantitative estimate of drug-likeness (QED) is 0.837. The predicted octanol–water partition coefficient (Wildman–Crippen LogP) is 2.61. The van der Waals surface area contributed by atoms with Gasteiger partial charge in [-0.1, -0.05) is 0 Å². The maximum Gasteiger partial charge on any atom is 0.254 e. The molecule has 1 aliphatic heterocycles. The van der Waals surface area contributed by atoms with Crippen LogP contribution in [-0.4, -0.2) is 59.9 Å². The summed E-state index contributed by atoms with van der Waals surface area (Å²) in [7, 11) is 1.65. The summed E-state index contributed by atoms with van der Waals surface area (Å²) in [6.45, 7) is 7.99. The van der Waals surface area contributed by atoms with Crippen LogP contribution in [-0.2, 0) is 0 Å². The monoisotopic (exact) mass is 367 g/mol. The topological polar surface area (TPSA) is 62.7 Å². The zero-order valence-corrected chi connectivity index (χ0v) is 16.3. The van der Waals surface area contributed by atoms with E-state index in [4.69, 9.17) is 4.74 Å². The number of carbonyl (C=O) groups excluding carboxylic acids is 2. The van der Waals surface area contributed by atoms with Crippen LogP contribution in [0.2, 0.25) is 0 Å². The second-order valence-corrected chi connectivity index (χ2v) is 6.84. The lowest BCUT2D eigenvalue weighted by Crippen LogP contribution is -2.50. The second kappa shape index (κ2) is 7.78. The molecule has 0 unspecified atom stereocenters. The Kier molecular flexibility index (Phi) is 5.44. The van der Waals surface area contributed by atoms with Crippen LogP contribution in [0.1, 0.15) is 37.4 Å². The summed E-state index contributed by atoms with van der Waals surface area (Å²) in [5.74, 6) is 0.825. The van der Waals surface area contributed by atoms with Gasteiger partial charge in [0.1, 0.15) is 5.75 Å². The number of hydrogen-bond donors (Lipinski definition) is 0. The molecule has 142 valence electrons. The van der Waals surface area contributed by atoms with Crippen molar-refractivity contribution >= 4 is 11.8 Å². The number of nitrogens with zero attached hydrogens (tertiary/aromatic N) is 3. The van der Waals surface area contributed by atoms with Gasteiger partial charge in [-0.05, 0) is 55.7 Å². The van der Waals surface area contributed by atoms with Crippen LogP contribution in [0.4, 0.5) is 0 Å². The van der Waals surface area contributed by atoms with Crippen molar-refractivity contribution < 1.29 is 14.3 Å². The van der Waals surface area contributed by atoms with Gasteiger partial charge in [0.25, 0.3) is 11.8 Å². The van der Waals surface area contributed by atoms with E-state index in [1.165, 1.54) is 0 Å². The Labute approximate surface area is 159 Å². The molecular weight excluding hydrogens is 342 g/mol. The molecule has 1 saturated heterocycles. The molecule has 0 atom stereocenters. The summed E-state index contributed by atoms with van der Waals surface area (Å²) in [4.78, 5) is 33.1. The standard InChI is InChI=1S/C21H25N3O3/c1-14-13-18(15(2)16(3)19(14)27-4)21(26)24-11-9-23(10-12-24)20(25)17-5-7-22-8-6-17/h5-8,13H,9-12H2,1-4H3. The molecule has 0 N–H and O–H groups in total. The molecule has 2 amide bonds. The van der Waals surface area contributed by atoms with Gasteiger partial charge in [0.15, 0.2) is 0 Å². The lowest BCUT2D eigenvalue weighted by molar-refractivity contribution is 0.0535. The molecule has 2 aromatic rings. The summed E-state index contributed by atoms with van der Waals surface area (Å²) >= 11 is 0. The zero-order chi connectivity index (χ0) is 19.6. The summed E-state index contributed by atoms with van der Waals surface area (Å²) in [5, 5.41) is 0. The minimum absolute atomic E-state index is 0.0114. The number of benzene rings is 1. The molecule has 2 heterocycles. The molecule has 3 rings (SSSR count). The van der Waals surface area contributed by atoms with Crippen molar-refractivity contribution in [2.24, 2.45) is 0 Å². The van der Waals surface area contributed by atoms with Crippen molar-refractivity contribution in [1.82, 2.24) is 14.8 Å². The van der Waals surface area contributed by atoms with Crippen molar-refractivity contribution in [3.63, 3.8) is 0 Å². The smallest absolute Gasteiger partial charge is 0.254 e. The van der Waals surface area contributed by atoms with Gasteiger partial charge in [0.2, 0.25) is 0 Å². The van der Waals surface area contributed by atoms with Crippen molar-refractivity contribution in [2.45, 2.75) is 20.8 Å². The molecular formula is C21H25N3O3. The number of aromatic nitrogens is 1. The van der Waals surface area contributed by atoms with Gasteiger partial charge in [0, 0.05) is 49.7 Å². The Hall–Kier alpha value is -2.89. The largest absolute Gasteiger partial charge is 0.496 e. The summed E-state index contributed by atoms with van der Waals surface area (Å²) < 4.78 is 5.45. The number of piperazine rings is 1. The lowest BCUT2D eigenvalue weighted by atomic mass is 9.97. The average molecular weight is 367 g/mol. The van der Waals surface area contributed by atoms with Crippen molar-refractivity contribution in [1.29, 1.82) is 0 Å². The van der Waals surface area contributed by atoms with Crippen LogP contribution in [0, 0.1) is 20.8 Å². The number of amides is 2. The molecule has 6 nitrogen and oxygen atoms in total. The number of pyridine rings is 1. The lowest BCUT2D eigenvalue weighted by Gasteiger charge is -2.35. The molecule has 27 heavy (non-hydrogen) atoms. The van der Waals surface area contributed by atoms with Crippen LogP contribution < -0.4 is 4.74 Å². The van der Waals surface area contributed by atoms with E-state index in [1.54, 1.807) is 36.5 Å². The molecule has 6 heteroatoms. The van der Waals surface area contributed by atoms with Crippen molar-refractivity contribution in [3.8, 4) is 5.75 Å². The number of rotatable bonds is 3. The molecule has 0 saturated carbocycles. The zero-order valence-electron chi connectivity index (χ0n) is 16.3. The van der Waals surface area contributed by atoms with Crippen LogP contribution in [0.25, 0.3) is 0 Å². The van der Waals surface area contributed by atoms with E-state index in [-0.39, 0.29) is 11.8 Å². The molecule has 0 bridgehead atoms. The highest BCUT2D eigenvalue weighted by molar-refractivity contribution is 5.97. The van der Waals surface area contributed by atoms with Crippen molar-refractivity contribution in [2.75, 3.05) is 33.3 Å². The molecule has 1 fully saturated rings. The first kappa shape index (κ1) is 18.9. The second-order valence-electron chi connectivity index (χ2n) is 6.84. The number of ether oxygens (including phenoxy) is 1. The van der Waals surface area contributed by atoms with E-state index in [0.29, 0.717) is 37.3 Å². The minimum Gasteiger partial charge on any atom is -0.496 e. The van der Waals surface area contributed by atoms with Crippen LogP contribution in [0.5, 0.6) is 5.75 Å². The Bertz CT molecular complexity index is 857. The van der Waals surface area contributed by atoms with Gasteiger partial charge in [-0.25, -0.2) is 0 Å². The average Bonchev–Trinajstić information content (AvgIpc) is 2.71. The SMILES string of the molecule is COc1c(C)cc(C(=O)N2CCN(C(=O)c3ccncc3)CC2)c(C)c1C. The van der Waals surface area contributed by atoms with Gasteiger partial charge >= 0.3 is 0 Å². The third-order valence-corrected chi connectivity index (χ3v) is 5.24. The highest BCUT2D eigenvalue weighted by Crippen LogP contribution is 2.29. The van der Waals surface area contributed by atoms with Gasteiger partial charge in [0.05, 0.1) is 7.11 Å². The molecule has 0 spiro atoms. The van der Waals surface area contributed by atoms with E-state index >= 15 is 0 Å². The fourth-order valence-corrected chi connectivity index (χ4v) is 3.55. The number of hydrogen-bond acceptors (Lipinski definition) is 4.